The van der Waals surface area contributed by atoms with E-state index >= 15 is 0 Å². The molecule has 1 saturated heterocycles. The molecular formula is C10H20N2O. The third kappa shape index (κ3) is 2.99. The van der Waals surface area contributed by atoms with Crippen LogP contribution in [-0.4, -0.2) is 36.5 Å². The minimum Gasteiger partial charge on any atom is -0.351 e. The average molecular weight is 184 g/mol. The Balaban J connectivity index is 2.43. The smallest absolute Gasteiger partial charge is 0.220 e. The summed E-state index contributed by atoms with van der Waals surface area (Å²) in [6, 6.07) is 0. The molecule has 0 aromatic carbocycles. The number of piperidine rings is 1. The number of amides is 1. The summed E-state index contributed by atoms with van der Waals surface area (Å²) >= 11 is 0. The number of hydrogen-bond acceptors (Lipinski definition) is 2. The molecule has 0 unspecified atom stereocenters. The highest BCUT2D eigenvalue weighted by Gasteiger charge is 2.29. The van der Waals surface area contributed by atoms with Crippen molar-refractivity contribution in [3.8, 4) is 0 Å². The second-order valence-corrected chi connectivity index (χ2v) is 4.27. The van der Waals surface area contributed by atoms with Crippen LogP contribution in [0, 0.1) is 0 Å². The molecule has 1 rings (SSSR count). The minimum absolute atomic E-state index is 0.0413. The van der Waals surface area contributed by atoms with E-state index in [1.165, 1.54) is 0 Å². The minimum atomic E-state index is 0.0413. The van der Waals surface area contributed by atoms with E-state index in [4.69, 9.17) is 0 Å². The second-order valence-electron chi connectivity index (χ2n) is 4.27. The normalized spacial score (nSPS) is 22.7. The van der Waals surface area contributed by atoms with Gasteiger partial charge in [0.05, 0.1) is 0 Å². The molecule has 0 bridgehead atoms. The molecule has 0 radical (unpaired) electrons. The van der Waals surface area contributed by atoms with E-state index in [1.807, 2.05) is 6.92 Å². The van der Waals surface area contributed by atoms with Gasteiger partial charge in [-0.3, -0.25) is 4.79 Å². The standard InChI is InChI=1S/C10H20N2O/c1-4-9(13)11-10(2)5-7-12(3)8-6-10/h4-8H2,1-3H3,(H,11,13). The Morgan fingerprint density at radius 2 is 2.00 bits per heavy atom. The lowest BCUT2D eigenvalue weighted by Gasteiger charge is -2.38. The predicted molar refractivity (Wildman–Crippen MR) is 53.6 cm³/mol. The topological polar surface area (TPSA) is 32.3 Å². The number of rotatable bonds is 2. The molecule has 3 nitrogen and oxygen atoms in total. The summed E-state index contributed by atoms with van der Waals surface area (Å²) in [6.45, 7) is 6.21. The van der Waals surface area contributed by atoms with Crippen molar-refractivity contribution in [3.05, 3.63) is 0 Å². The fourth-order valence-corrected chi connectivity index (χ4v) is 1.66. The Kier molecular flexibility index (Phi) is 3.31. The molecule has 76 valence electrons. The molecule has 1 heterocycles. The van der Waals surface area contributed by atoms with Gasteiger partial charge in [0.25, 0.3) is 0 Å². The van der Waals surface area contributed by atoms with E-state index in [0.29, 0.717) is 6.42 Å². The van der Waals surface area contributed by atoms with Crippen LogP contribution in [0.3, 0.4) is 0 Å². The lowest BCUT2D eigenvalue weighted by molar-refractivity contribution is -0.123. The summed E-state index contributed by atoms with van der Waals surface area (Å²) in [5.74, 6) is 0.173. The molecule has 1 aliphatic rings. The SMILES string of the molecule is CCC(=O)NC1(C)CCN(C)CC1. The van der Waals surface area contributed by atoms with E-state index in [-0.39, 0.29) is 11.4 Å². The maximum atomic E-state index is 11.2. The fourth-order valence-electron chi connectivity index (χ4n) is 1.66. The van der Waals surface area contributed by atoms with Crippen LogP contribution < -0.4 is 5.32 Å². The predicted octanol–water partition coefficient (Wildman–Crippen LogP) is 0.997. The van der Waals surface area contributed by atoms with Crippen LogP contribution in [-0.2, 0) is 4.79 Å². The summed E-state index contributed by atoms with van der Waals surface area (Å²) in [5, 5.41) is 3.10. The van der Waals surface area contributed by atoms with Crippen molar-refractivity contribution < 1.29 is 4.79 Å². The molecule has 0 spiro atoms. The summed E-state index contributed by atoms with van der Waals surface area (Å²) in [5.41, 5.74) is 0.0413. The van der Waals surface area contributed by atoms with Crippen molar-refractivity contribution in [2.24, 2.45) is 0 Å². The van der Waals surface area contributed by atoms with Crippen LogP contribution in [0.25, 0.3) is 0 Å². The van der Waals surface area contributed by atoms with Crippen LogP contribution in [0.15, 0.2) is 0 Å². The van der Waals surface area contributed by atoms with Gasteiger partial charge < -0.3 is 10.2 Å². The molecule has 1 N–H and O–H groups in total. The first-order valence-electron chi connectivity index (χ1n) is 5.05. The molecule has 0 atom stereocenters. The van der Waals surface area contributed by atoms with Gasteiger partial charge >= 0.3 is 0 Å². The van der Waals surface area contributed by atoms with Crippen LogP contribution in [0.4, 0.5) is 0 Å². The van der Waals surface area contributed by atoms with Crippen molar-refractivity contribution in [3.63, 3.8) is 0 Å². The van der Waals surface area contributed by atoms with Crippen LogP contribution in [0.1, 0.15) is 33.1 Å². The van der Waals surface area contributed by atoms with Gasteiger partial charge in [0.15, 0.2) is 0 Å². The third-order valence-corrected chi connectivity index (χ3v) is 2.85. The Bertz CT molecular complexity index is 183. The summed E-state index contributed by atoms with van der Waals surface area (Å²) in [4.78, 5) is 13.5. The van der Waals surface area contributed by atoms with Gasteiger partial charge in [-0.05, 0) is 26.8 Å². The van der Waals surface area contributed by atoms with Gasteiger partial charge in [-0.2, -0.15) is 0 Å². The van der Waals surface area contributed by atoms with E-state index in [1.54, 1.807) is 0 Å². The molecule has 1 fully saturated rings. The number of carbonyl (C=O) groups is 1. The van der Waals surface area contributed by atoms with Crippen molar-refractivity contribution >= 4 is 5.91 Å². The molecular weight excluding hydrogens is 164 g/mol. The summed E-state index contributed by atoms with van der Waals surface area (Å²) < 4.78 is 0. The van der Waals surface area contributed by atoms with E-state index in [9.17, 15) is 4.79 Å². The van der Waals surface area contributed by atoms with Gasteiger partial charge in [-0.15, -0.1) is 0 Å². The molecule has 0 saturated carbocycles. The Morgan fingerprint density at radius 1 is 1.46 bits per heavy atom. The van der Waals surface area contributed by atoms with Crippen LogP contribution >= 0.6 is 0 Å². The van der Waals surface area contributed by atoms with Crippen molar-refractivity contribution in [2.75, 3.05) is 20.1 Å². The number of hydrogen-bond donors (Lipinski definition) is 1. The molecule has 1 aliphatic heterocycles. The average Bonchev–Trinajstić information content (AvgIpc) is 2.10. The third-order valence-electron chi connectivity index (χ3n) is 2.85. The number of likely N-dealkylation sites (tertiary alicyclic amines) is 1. The van der Waals surface area contributed by atoms with E-state index in [0.717, 1.165) is 25.9 Å². The highest BCUT2D eigenvalue weighted by molar-refractivity contribution is 5.76. The van der Waals surface area contributed by atoms with Gasteiger partial charge in [0, 0.05) is 25.0 Å². The fraction of sp³-hybridized carbons (Fsp3) is 0.900. The lowest BCUT2D eigenvalue weighted by atomic mass is 9.90. The van der Waals surface area contributed by atoms with Gasteiger partial charge in [-0.25, -0.2) is 0 Å². The maximum absolute atomic E-state index is 11.2. The number of carbonyl (C=O) groups excluding carboxylic acids is 1. The Hall–Kier alpha value is -0.570. The first-order chi connectivity index (χ1) is 6.06. The Morgan fingerprint density at radius 3 is 2.46 bits per heavy atom. The van der Waals surface area contributed by atoms with Crippen LogP contribution in [0.5, 0.6) is 0 Å². The van der Waals surface area contributed by atoms with Crippen molar-refractivity contribution in [1.82, 2.24) is 10.2 Å². The zero-order valence-electron chi connectivity index (χ0n) is 8.89. The van der Waals surface area contributed by atoms with Crippen molar-refractivity contribution in [2.45, 2.75) is 38.6 Å². The van der Waals surface area contributed by atoms with E-state index in [2.05, 4.69) is 24.2 Å². The first kappa shape index (κ1) is 10.5. The zero-order valence-corrected chi connectivity index (χ0v) is 8.89. The van der Waals surface area contributed by atoms with Crippen molar-refractivity contribution in [1.29, 1.82) is 0 Å². The molecule has 3 heteroatoms. The molecule has 13 heavy (non-hydrogen) atoms. The van der Waals surface area contributed by atoms with E-state index < -0.39 is 0 Å². The number of nitrogens with zero attached hydrogens (tertiary/aromatic N) is 1. The molecule has 0 aromatic rings. The maximum Gasteiger partial charge on any atom is 0.220 e. The van der Waals surface area contributed by atoms with Gasteiger partial charge in [0.1, 0.15) is 0 Å². The summed E-state index contributed by atoms with van der Waals surface area (Å²) in [6.07, 6.45) is 2.72. The first-order valence-corrected chi connectivity index (χ1v) is 5.05. The monoisotopic (exact) mass is 184 g/mol. The zero-order chi connectivity index (χ0) is 9.90. The molecule has 0 aromatic heterocycles. The summed E-state index contributed by atoms with van der Waals surface area (Å²) in [7, 11) is 2.13. The molecule has 0 aliphatic carbocycles. The highest BCUT2D eigenvalue weighted by atomic mass is 16.1. The highest BCUT2D eigenvalue weighted by Crippen LogP contribution is 2.20. The lowest BCUT2D eigenvalue weighted by Crippen LogP contribution is -2.52. The number of nitrogens with one attached hydrogen (secondary N) is 1. The second kappa shape index (κ2) is 4.09. The van der Waals surface area contributed by atoms with Crippen LogP contribution in [0.2, 0.25) is 0 Å². The van der Waals surface area contributed by atoms with Gasteiger partial charge in [0.2, 0.25) is 5.91 Å². The molecule has 1 amide bonds. The quantitative estimate of drug-likeness (QED) is 0.694. The Labute approximate surface area is 80.5 Å². The largest absolute Gasteiger partial charge is 0.351 e. The van der Waals surface area contributed by atoms with Gasteiger partial charge in [-0.1, -0.05) is 6.92 Å².